The SMILES string of the molecule is CCOc1ccccc1CCNC(=NC)N1CCC(Oc2ccccc2)CC1. The van der Waals surface area contributed by atoms with Crippen LogP contribution in [0.25, 0.3) is 0 Å². The highest BCUT2D eigenvalue weighted by Crippen LogP contribution is 2.19. The van der Waals surface area contributed by atoms with Gasteiger partial charge in [0.05, 0.1) is 6.61 Å². The number of hydrogen-bond acceptors (Lipinski definition) is 3. The van der Waals surface area contributed by atoms with Crippen molar-refractivity contribution in [2.24, 2.45) is 4.99 Å². The van der Waals surface area contributed by atoms with Gasteiger partial charge in [0.15, 0.2) is 5.96 Å². The molecular weight excluding hydrogens is 350 g/mol. The fourth-order valence-electron chi connectivity index (χ4n) is 3.52. The van der Waals surface area contributed by atoms with Crippen LogP contribution in [-0.4, -0.2) is 50.3 Å². The first-order valence-corrected chi connectivity index (χ1v) is 10.2. The van der Waals surface area contributed by atoms with Crippen molar-refractivity contribution in [1.29, 1.82) is 0 Å². The minimum Gasteiger partial charge on any atom is -0.494 e. The van der Waals surface area contributed by atoms with E-state index in [1.54, 1.807) is 0 Å². The minimum atomic E-state index is 0.273. The van der Waals surface area contributed by atoms with Crippen LogP contribution in [0.4, 0.5) is 0 Å². The topological polar surface area (TPSA) is 46.1 Å². The van der Waals surface area contributed by atoms with Gasteiger partial charge in [-0.05, 0) is 37.1 Å². The summed E-state index contributed by atoms with van der Waals surface area (Å²) in [6, 6.07) is 18.3. The van der Waals surface area contributed by atoms with Gasteiger partial charge in [0.25, 0.3) is 0 Å². The van der Waals surface area contributed by atoms with Gasteiger partial charge in [-0.15, -0.1) is 0 Å². The number of guanidine groups is 1. The van der Waals surface area contributed by atoms with Gasteiger partial charge < -0.3 is 19.7 Å². The maximum absolute atomic E-state index is 6.09. The van der Waals surface area contributed by atoms with Crippen LogP contribution >= 0.6 is 0 Å². The molecule has 150 valence electrons. The maximum Gasteiger partial charge on any atom is 0.193 e. The summed E-state index contributed by atoms with van der Waals surface area (Å²) in [5.41, 5.74) is 1.22. The van der Waals surface area contributed by atoms with Crippen molar-refractivity contribution >= 4 is 5.96 Å². The highest BCUT2D eigenvalue weighted by molar-refractivity contribution is 5.80. The quantitative estimate of drug-likeness (QED) is 0.586. The van der Waals surface area contributed by atoms with Gasteiger partial charge in [-0.1, -0.05) is 36.4 Å². The summed E-state index contributed by atoms with van der Waals surface area (Å²) >= 11 is 0. The predicted octanol–water partition coefficient (Wildman–Crippen LogP) is 3.75. The van der Waals surface area contributed by atoms with Crippen LogP contribution in [-0.2, 0) is 6.42 Å². The standard InChI is InChI=1S/C23H31N3O2/c1-3-27-22-12-8-7-9-19(22)13-16-25-23(24-2)26-17-14-21(15-18-26)28-20-10-5-4-6-11-20/h4-12,21H,3,13-18H2,1-2H3,(H,24,25). The lowest BCUT2D eigenvalue weighted by Gasteiger charge is -2.34. The molecule has 0 bridgehead atoms. The Morgan fingerprint density at radius 3 is 2.50 bits per heavy atom. The fourth-order valence-corrected chi connectivity index (χ4v) is 3.52. The van der Waals surface area contributed by atoms with Crippen LogP contribution in [0.15, 0.2) is 59.6 Å². The van der Waals surface area contributed by atoms with Crippen LogP contribution in [0.1, 0.15) is 25.3 Å². The second kappa shape index (κ2) is 10.6. The second-order valence-corrected chi connectivity index (χ2v) is 6.88. The molecule has 0 radical (unpaired) electrons. The zero-order valence-corrected chi connectivity index (χ0v) is 16.9. The number of benzene rings is 2. The number of likely N-dealkylation sites (tertiary alicyclic amines) is 1. The fraction of sp³-hybridized carbons (Fsp3) is 0.435. The molecule has 0 aromatic heterocycles. The minimum absolute atomic E-state index is 0.273. The molecule has 1 heterocycles. The molecule has 1 aliphatic rings. The van der Waals surface area contributed by atoms with E-state index in [1.807, 2.05) is 56.4 Å². The number of piperidine rings is 1. The van der Waals surface area contributed by atoms with E-state index in [4.69, 9.17) is 9.47 Å². The number of nitrogens with zero attached hydrogens (tertiary/aromatic N) is 2. The van der Waals surface area contributed by atoms with E-state index >= 15 is 0 Å². The summed E-state index contributed by atoms with van der Waals surface area (Å²) in [6.07, 6.45) is 3.18. The van der Waals surface area contributed by atoms with Gasteiger partial charge in [-0.3, -0.25) is 4.99 Å². The molecule has 0 aliphatic carbocycles. The Hall–Kier alpha value is -2.69. The molecule has 3 rings (SSSR count). The average Bonchev–Trinajstić information content (AvgIpc) is 2.74. The normalized spacial score (nSPS) is 15.4. The van der Waals surface area contributed by atoms with Crippen LogP contribution in [0.5, 0.6) is 11.5 Å². The molecular formula is C23H31N3O2. The highest BCUT2D eigenvalue weighted by Gasteiger charge is 2.22. The zero-order valence-electron chi connectivity index (χ0n) is 16.9. The van der Waals surface area contributed by atoms with Gasteiger partial charge in [-0.25, -0.2) is 0 Å². The number of aliphatic imine (C=N–C) groups is 1. The predicted molar refractivity (Wildman–Crippen MR) is 114 cm³/mol. The highest BCUT2D eigenvalue weighted by atomic mass is 16.5. The van der Waals surface area contributed by atoms with Crippen molar-refractivity contribution in [2.75, 3.05) is 33.3 Å². The van der Waals surface area contributed by atoms with E-state index in [-0.39, 0.29) is 6.10 Å². The Kier molecular flexibility index (Phi) is 7.59. The van der Waals surface area contributed by atoms with E-state index in [0.717, 1.165) is 56.4 Å². The first kappa shape index (κ1) is 20.1. The molecule has 2 aromatic carbocycles. The van der Waals surface area contributed by atoms with Gasteiger partial charge in [0.2, 0.25) is 0 Å². The Labute approximate surface area is 168 Å². The van der Waals surface area contributed by atoms with Crippen molar-refractivity contribution in [1.82, 2.24) is 10.2 Å². The maximum atomic E-state index is 6.09. The summed E-state index contributed by atoms with van der Waals surface area (Å²) < 4.78 is 11.8. The first-order chi connectivity index (χ1) is 13.8. The average molecular weight is 382 g/mol. The third-order valence-electron chi connectivity index (χ3n) is 4.95. The lowest BCUT2D eigenvalue weighted by Crippen LogP contribution is -2.47. The van der Waals surface area contributed by atoms with Crippen LogP contribution in [0.2, 0.25) is 0 Å². The lowest BCUT2D eigenvalue weighted by atomic mass is 10.1. The zero-order chi connectivity index (χ0) is 19.6. The second-order valence-electron chi connectivity index (χ2n) is 6.88. The van der Waals surface area contributed by atoms with Gasteiger partial charge in [0, 0.05) is 39.5 Å². The Morgan fingerprint density at radius 1 is 1.07 bits per heavy atom. The van der Waals surface area contributed by atoms with E-state index in [1.165, 1.54) is 5.56 Å². The molecule has 2 aromatic rings. The smallest absolute Gasteiger partial charge is 0.193 e. The number of nitrogens with one attached hydrogen (secondary N) is 1. The van der Waals surface area contributed by atoms with E-state index < -0.39 is 0 Å². The van der Waals surface area contributed by atoms with E-state index in [2.05, 4.69) is 27.3 Å². The molecule has 1 aliphatic heterocycles. The molecule has 0 spiro atoms. The third-order valence-corrected chi connectivity index (χ3v) is 4.95. The molecule has 1 saturated heterocycles. The number of hydrogen-bond donors (Lipinski definition) is 1. The molecule has 1 fully saturated rings. The summed E-state index contributed by atoms with van der Waals surface area (Å²) in [5, 5.41) is 3.50. The molecule has 0 unspecified atom stereocenters. The van der Waals surface area contributed by atoms with Crippen LogP contribution in [0.3, 0.4) is 0 Å². The van der Waals surface area contributed by atoms with Crippen molar-refractivity contribution in [3.8, 4) is 11.5 Å². The molecule has 0 saturated carbocycles. The molecule has 0 amide bonds. The summed E-state index contributed by atoms with van der Waals surface area (Å²) in [7, 11) is 1.85. The van der Waals surface area contributed by atoms with Gasteiger partial charge in [0.1, 0.15) is 17.6 Å². The van der Waals surface area contributed by atoms with Crippen molar-refractivity contribution in [3.05, 3.63) is 60.2 Å². The summed E-state index contributed by atoms with van der Waals surface area (Å²) in [6.45, 7) is 5.44. The molecule has 28 heavy (non-hydrogen) atoms. The lowest BCUT2D eigenvalue weighted by molar-refractivity contribution is 0.129. The molecule has 5 heteroatoms. The van der Waals surface area contributed by atoms with Crippen molar-refractivity contribution in [2.45, 2.75) is 32.3 Å². The monoisotopic (exact) mass is 381 g/mol. The largest absolute Gasteiger partial charge is 0.494 e. The van der Waals surface area contributed by atoms with E-state index in [9.17, 15) is 0 Å². The van der Waals surface area contributed by atoms with E-state index in [0.29, 0.717) is 6.61 Å². The molecule has 0 atom stereocenters. The molecule has 5 nitrogen and oxygen atoms in total. The Morgan fingerprint density at radius 2 is 1.79 bits per heavy atom. The number of para-hydroxylation sites is 2. The number of rotatable bonds is 7. The Balaban J connectivity index is 1.45. The summed E-state index contributed by atoms with van der Waals surface area (Å²) in [4.78, 5) is 6.79. The molecule has 1 N–H and O–H groups in total. The van der Waals surface area contributed by atoms with Crippen molar-refractivity contribution < 1.29 is 9.47 Å². The van der Waals surface area contributed by atoms with Gasteiger partial charge in [-0.2, -0.15) is 0 Å². The summed E-state index contributed by atoms with van der Waals surface area (Å²) in [5.74, 6) is 2.89. The first-order valence-electron chi connectivity index (χ1n) is 10.2. The van der Waals surface area contributed by atoms with Gasteiger partial charge >= 0.3 is 0 Å². The number of ether oxygens (including phenoxy) is 2. The van der Waals surface area contributed by atoms with Crippen LogP contribution in [0, 0.1) is 0 Å². The Bertz CT molecular complexity index is 741. The van der Waals surface area contributed by atoms with Crippen LogP contribution < -0.4 is 14.8 Å². The van der Waals surface area contributed by atoms with Crippen molar-refractivity contribution in [3.63, 3.8) is 0 Å². The third kappa shape index (κ3) is 5.65.